The Balaban J connectivity index is 1.60. The highest BCUT2D eigenvalue weighted by Crippen LogP contribution is 2.41. The first kappa shape index (κ1) is 22.2. The molecule has 0 saturated carbocycles. The third kappa shape index (κ3) is 4.08. The number of carbonyl (C=O) groups excluding carboxylic acids is 2. The summed E-state index contributed by atoms with van der Waals surface area (Å²) in [6, 6.07) is 13.7. The average Bonchev–Trinajstić information content (AvgIpc) is 3.21. The van der Waals surface area contributed by atoms with Gasteiger partial charge in [-0.05, 0) is 56.2 Å². The number of ether oxygens (including phenoxy) is 1. The van der Waals surface area contributed by atoms with Gasteiger partial charge in [0.1, 0.15) is 11.5 Å². The SMILES string of the molecule is C[C@H]1C[C@@](C(N)=O)(c2cccc(Sc3ccc(C(=O)c4ccnn4C)cc3)c2F)CCO1. The van der Waals surface area contributed by atoms with Crippen LogP contribution in [0.15, 0.2) is 64.5 Å². The lowest BCUT2D eigenvalue weighted by atomic mass is 9.71. The molecule has 0 radical (unpaired) electrons. The molecule has 1 aliphatic heterocycles. The summed E-state index contributed by atoms with van der Waals surface area (Å²) < 4.78 is 22.7. The molecule has 4 rings (SSSR count). The van der Waals surface area contributed by atoms with Crippen molar-refractivity contribution in [1.82, 2.24) is 9.78 Å². The van der Waals surface area contributed by atoms with Gasteiger partial charge >= 0.3 is 0 Å². The number of aromatic nitrogens is 2. The number of hydrogen-bond donors (Lipinski definition) is 1. The molecule has 2 N–H and O–H groups in total. The number of nitrogens with zero attached hydrogens (tertiary/aromatic N) is 2. The minimum Gasteiger partial charge on any atom is -0.378 e. The number of hydrogen-bond acceptors (Lipinski definition) is 5. The molecular formula is C24H24FN3O3S. The van der Waals surface area contributed by atoms with Crippen LogP contribution in [0.5, 0.6) is 0 Å². The fraction of sp³-hybridized carbons (Fsp3) is 0.292. The highest BCUT2D eigenvalue weighted by Gasteiger charge is 2.44. The molecule has 32 heavy (non-hydrogen) atoms. The molecule has 2 heterocycles. The van der Waals surface area contributed by atoms with Crippen molar-refractivity contribution < 1.29 is 18.7 Å². The molecule has 1 amide bonds. The lowest BCUT2D eigenvalue weighted by Gasteiger charge is -2.38. The third-order valence-corrected chi connectivity index (χ3v) is 6.96. The molecule has 6 nitrogen and oxygen atoms in total. The van der Waals surface area contributed by atoms with Crippen LogP contribution in [0.3, 0.4) is 0 Å². The average molecular weight is 454 g/mol. The van der Waals surface area contributed by atoms with E-state index in [1.54, 1.807) is 61.8 Å². The number of primary amides is 1. The monoisotopic (exact) mass is 453 g/mol. The maximum atomic E-state index is 15.6. The summed E-state index contributed by atoms with van der Waals surface area (Å²) in [5.74, 6) is -1.11. The lowest BCUT2D eigenvalue weighted by Crippen LogP contribution is -2.48. The number of carbonyl (C=O) groups is 2. The lowest BCUT2D eigenvalue weighted by molar-refractivity contribution is -0.129. The topological polar surface area (TPSA) is 87.2 Å². The Hall–Kier alpha value is -2.97. The number of aryl methyl sites for hydroxylation is 1. The molecule has 166 valence electrons. The Kier molecular flexibility index (Phi) is 6.17. The van der Waals surface area contributed by atoms with Crippen molar-refractivity contribution in [1.29, 1.82) is 0 Å². The van der Waals surface area contributed by atoms with Crippen LogP contribution in [-0.2, 0) is 22.0 Å². The molecule has 1 fully saturated rings. The minimum absolute atomic E-state index is 0.133. The summed E-state index contributed by atoms with van der Waals surface area (Å²) in [6.45, 7) is 2.22. The molecule has 0 aliphatic carbocycles. The first-order chi connectivity index (χ1) is 15.3. The summed E-state index contributed by atoms with van der Waals surface area (Å²) in [5, 5.41) is 4.02. The number of ketones is 1. The second-order valence-corrected chi connectivity index (χ2v) is 9.11. The maximum Gasteiger partial charge on any atom is 0.228 e. The van der Waals surface area contributed by atoms with Gasteiger partial charge in [0.15, 0.2) is 0 Å². The fourth-order valence-corrected chi connectivity index (χ4v) is 5.06. The Morgan fingerprint density at radius 2 is 1.97 bits per heavy atom. The predicted octanol–water partition coefficient (Wildman–Crippen LogP) is 3.86. The number of amides is 1. The van der Waals surface area contributed by atoms with Gasteiger partial charge in [-0.3, -0.25) is 14.3 Å². The van der Waals surface area contributed by atoms with Crippen molar-refractivity contribution >= 4 is 23.5 Å². The number of nitrogens with two attached hydrogens (primary N) is 1. The van der Waals surface area contributed by atoms with Crippen LogP contribution in [0.4, 0.5) is 4.39 Å². The van der Waals surface area contributed by atoms with Crippen LogP contribution in [-0.4, -0.2) is 34.2 Å². The second-order valence-electron chi connectivity index (χ2n) is 8.00. The second kappa shape index (κ2) is 8.88. The van der Waals surface area contributed by atoms with E-state index in [0.29, 0.717) is 41.2 Å². The van der Waals surface area contributed by atoms with E-state index in [1.165, 1.54) is 16.4 Å². The van der Waals surface area contributed by atoms with Crippen molar-refractivity contribution in [2.45, 2.75) is 41.1 Å². The van der Waals surface area contributed by atoms with Gasteiger partial charge < -0.3 is 10.5 Å². The van der Waals surface area contributed by atoms with Crippen LogP contribution in [0.1, 0.15) is 41.4 Å². The molecule has 2 aromatic carbocycles. The standard InChI is InChI=1S/C24H24FN3O3S/c1-15-14-24(23(26)30,11-13-31-15)18-4-3-5-20(21(18)25)32-17-8-6-16(7-9-17)22(29)19-10-12-27-28(19)2/h3-10,12,15H,11,13-14H2,1-2H3,(H2,26,30)/t15-,24+/m0/s1. The Bertz CT molecular complexity index is 1160. The molecule has 0 bridgehead atoms. The molecule has 1 aliphatic rings. The largest absolute Gasteiger partial charge is 0.378 e. The first-order valence-electron chi connectivity index (χ1n) is 10.3. The van der Waals surface area contributed by atoms with Crippen molar-refractivity contribution in [3.05, 3.63) is 77.4 Å². The van der Waals surface area contributed by atoms with Crippen LogP contribution in [0.25, 0.3) is 0 Å². The van der Waals surface area contributed by atoms with Gasteiger partial charge in [0.05, 0.1) is 11.5 Å². The Morgan fingerprint density at radius 1 is 1.22 bits per heavy atom. The molecule has 1 aromatic heterocycles. The van der Waals surface area contributed by atoms with Crippen LogP contribution in [0.2, 0.25) is 0 Å². The minimum atomic E-state index is -1.09. The molecule has 0 spiro atoms. The van der Waals surface area contributed by atoms with Gasteiger partial charge in [-0.2, -0.15) is 5.10 Å². The summed E-state index contributed by atoms with van der Waals surface area (Å²) in [4.78, 5) is 26.2. The van der Waals surface area contributed by atoms with Gasteiger partial charge in [-0.25, -0.2) is 4.39 Å². The smallest absolute Gasteiger partial charge is 0.228 e. The summed E-state index contributed by atoms with van der Waals surface area (Å²) in [5.41, 5.74) is 6.00. The first-order valence-corrected chi connectivity index (χ1v) is 11.1. The van der Waals surface area contributed by atoms with Gasteiger partial charge in [-0.1, -0.05) is 23.9 Å². The highest BCUT2D eigenvalue weighted by molar-refractivity contribution is 7.99. The molecule has 0 unspecified atom stereocenters. The zero-order valence-corrected chi connectivity index (χ0v) is 18.7. The molecule has 1 saturated heterocycles. The van der Waals surface area contributed by atoms with E-state index in [-0.39, 0.29) is 11.9 Å². The summed E-state index contributed by atoms with van der Waals surface area (Å²) in [7, 11) is 1.71. The van der Waals surface area contributed by atoms with E-state index in [0.717, 1.165) is 4.90 Å². The highest BCUT2D eigenvalue weighted by atomic mass is 32.2. The van der Waals surface area contributed by atoms with Gasteiger partial charge in [0, 0.05) is 40.8 Å². The van der Waals surface area contributed by atoms with Crippen molar-refractivity contribution in [2.75, 3.05) is 6.61 Å². The van der Waals surface area contributed by atoms with E-state index in [9.17, 15) is 9.59 Å². The Labute approximate surface area is 189 Å². The van der Waals surface area contributed by atoms with E-state index < -0.39 is 17.1 Å². The van der Waals surface area contributed by atoms with Gasteiger partial charge in [-0.15, -0.1) is 0 Å². The number of benzene rings is 2. The molecule has 2 atom stereocenters. The predicted molar refractivity (Wildman–Crippen MR) is 119 cm³/mol. The quantitative estimate of drug-likeness (QED) is 0.573. The third-order valence-electron chi connectivity index (χ3n) is 5.92. The molecule has 8 heteroatoms. The van der Waals surface area contributed by atoms with Gasteiger partial charge in [0.2, 0.25) is 11.7 Å². The van der Waals surface area contributed by atoms with Crippen LogP contribution in [0, 0.1) is 5.82 Å². The number of halogens is 1. The normalized spacial score (nSPS) is 20.8. The van der Waals surface area contributed by atoms with E-state index >= 15 is 4.39 Å². The summed E-state index contributed by atoms with van der Waals surface area (Å²) >= 11 is 1.24. The van der Waals surface area contributed by atoms with Crippen LogP contribution >= 0.6 is 11.8 Å². The van der Waals surface area contributed by atoms with Crippen LogP contribution < -0.4 is 5.73 Å². The van der Waals surface area contributed by atoms with E-state index in [2.05, 4.69) is 5.10 Å². The van der Waals surface area contributed by atoms with Crippen molar-refractivity contribution in [3.63, 3.8) is 0 Å². The number of rotatable bonds is 6. The summed E-state index contributed by atoms with van der Waals surface area (Å²) in [6.07, 6.45) is 2.09. The Morgan fingerprint density at radius 3 is 2.59 bits per heavy atom. The maximum absolute atomic E-state index is 15.6. The zero-order chi connectivity index (χ0) is 22.9. The van der Waals surface area contributed by atoms with Crippen molar-refractivity contribution in [3.8, 4) is 0 Å². The van der Waals surface area contributed by atoms with E-state index in [1.807, 2.05) is 6.92 Å². The van der Waals surface area contributed by atoms with Gasteiger partial charge in [0.25, 0.3) is 0 Å². The fourth-order valence-electron chi connectivity index (χ4n) is 4.19. The zero-order valence-electron chi connectivity index (χ0n) is 17.9. The molecule has 3 aromatic rings. The van der Waals surface area contributed by atoms with E-state index in [4.69, 9.17) is 10.5 Å². The molecular weight excluding hydrogens is 429 g/mol. The van der Waals surface area contributed by atoms with Crippen molar-refractivity contribution in [2.24, 2.45) is 12.8 Å².